The van der Waals surface area contributed by atoms with Crippen LogP contribution in [0.2, 0.25) is 0 Å². The maximum Gasteiger partial charge on any atom is 0.0850 e. The molecule has 0 fully saturated rings. The molecule has 0 saturated carbocycles. The van der Waals surface area contributed by atoms with Gasteiger partial charge in [-0.05, 0) is 23.6 Å². The SMILES string of the molecule is CCc1ccc(-c2ccccc2)c(N=S)c1. The summed E-state index contributed by atoms with van der Waals surface area (Å²) in [4.78, 5) is 0. The third kappa shape index (κ3) is 2.17. The first-order valence-corrected chi connectivity index (χ1v) is 5.73. The Kier molecular flexibility index (Phi) is 3.42. The standard InChI is InChI=1S/C14H13NS/c1-2-11-8-9-13(14(10-11)15-16)12-6-4-3-5-7-12/h3-10H,2H2,1H3. The number of aryl methyl sites for hydroxylation is 1. The molecule has 0 aliphatic rings. The van der Waals surface area contributed by atoms with Crippen LogP contribution in [0.3, 0.4) is 0 Å². The quantitative estimate of drug-likeness (QED) is 0.762. The number of hydrogen-bond acceptors (Lipinski definition) is 2. The summed E-state index contributed by atoms with van der Waals surface area (Å²) in [6.07, 6.45) is 1.01. The monoisotopic (exact) mass is 227 g/mol. The van der Waals surface area contributed by atoms with Crippen molar-refractivity contribution < 1.29 is 0 Å². The Labute approximate surface area is 101 Å². The van der Waals surface area contributed by atoms with Crippen LogP contribution in [-0.2, 0) is 18.8 Å². The molecular formula is C14H13NS. The minimum Gasteiger partial charge on any atom is -0.181 e. The highest BCUT2D eigenvalue weighted by molar-refractivity contribution is 7.47. The lowest BCUT2D eigenvalue weighted by Crippen LogP contribution is -1.83. The van der Waals surface area contributed by atoms with Gasteiger partial charge in [-0.1, -0.05) is 49.4 Å². The average molecular weight is 227 g/mol. The fraction of sp³-hybridized carbons (Fsp3) is 0.143. The van der Waals surface area contributed by atoms with Gasteiger partial charge in [-0.2, -0.15) is 4.36 Å². The van der Waals surface area contributed by atoms with Gasteiger partial charge in [-0.15, -0.1) is 0 Å². The predicted molar refractivity (Wildman–Crippen MR) is 70.7 cm³/mol. The molecule has 2 rings (SSSR count). The van der Waals surface area contributed by atoms with Crippen LogP contribution in [0.25, 0.3) is 11.1 Å². The van der Waals surface area contributed by atoms with E-state index in [1.807, 2.05) is 18.2 Å². The van der Waals surface area contributed by atoms with E-state index in [0.717, 1.165) is 23.2 Å². The van der Waals surface area contributed by atoms with Gasteiger partial charge in [0.15, 0.2) is 0 Å². The third-order valence-corrected chi connectivity index (χ3v) is 2.85. The zero-order valence-electron chi connectivity index (χ0n) is 9.18. The molecule has 0 N–H and O–H groups in total. The Bertz CT molecular complexity index is 491. The minimum absolute atomic E-state index is 0.889. The minimum atomic E-state index is 0.889. The summed E-state index contributed by atoms with van der Waals surface area (Å²) in [7, 11) is 0. The average Bonchev–Trinajstić information content (AvgIpc) is 2.39. The number of hydrogen-bond donors (Lipinski definition) is 0. The summed E-state index contributed by atoms with van der Waals surface area (Å²) >= 11 is 4.84. The van der Waals surface area contributed by atoms with Crippen LogP contribution >= 0.6 is 0 Å². The van der Waals surface area contributed by atoms with Gasteiger partial charge in [-0.3, -0.25) is 0 Å². The molecule has 80 valence electrons. The predicted octanol–water partition coefficient (Wildman–Crippen LogP) is 4.28. The molecule has 0 bridgehead atoms. The smallest absolute Gasteiger partial charge is 0.0850 e. The molecule has 0 atom stereocenters. The molecule has 16 heavy (non-hydrogen) atoms. The molecule has 2 aromatic rings. The van der Waals surface area contributed by atoms with Gasteiger partial charge in [0.2, 0.25) is 0 Å². The van der Waals surface area contributed by atoms with Gasteiger partial charge >= 0.3 is 0 Å². The van der Waals surface area contributed by atoms with Crippen LogP contribution in [0, 0.1) is 0 Å². The maximum absolute atomic E-state index is 4.84. The molecule has 0 aliphatic carbocycles. The zero-order chi connectivity index (χ0) is 11.4. The second-order valence-corrected chi connectivity index (χ2v) is 3.84. The summed E-state index contributed by atoms with van der Waals surface area (Å²) < 4.78 is 3.94. The number of rotatable bonds is 3. The lowest BCUT2D eigenvalue weighted by atomic mass is 10.0. The largest absolute Gasteiger partial charge is 0.181 e. The lowest BCUT2D eigenvalue weighted by molar-refractivity contribution is 1.14. The summed E-state index contributed by atoms with van der Waals surface area (Å²) in [6.45, 7) is 2.13. The molecule has 0 heterocycles. The molecule has 2 aromatic carbocycles. The van der Waals surface area contributed by atoms with E-state index in [2.05, 4.69) is 41.6 Å². The number of benzene rings is 2. The van der Waals surface area contributed by atoms with Gasteiger partial charge in [0.25, 0.3) is 0 Å². The second kappa shape index (κ2) is 4.99. The highest BCUT2D eigenvalue weighted by Crippen LogP contribution is 2.30. The van der Waals surface area contributed by atoms with Crippen molar-refractivity contribution in [1.29, 1.82) is 0 Å². The Morgan fingerprint density at radius 3 is 2.44 bits per heavy atom. The molecule has 0 unspecified atom stereocenters. The van der Waals surface area contributed by atoms with E-state index in [1.54, 1.807) is 0 Å². The molecular weight excluding hydrogens is 214 g/mol. The van der Waals surface area contributed by atoms with Crippen molar-refractivity contribution in [3.8, 4) is 11.1 Å². The van der Waals surface area contributed by atoms with Crippen molar-refractivity contribution in [2.45, 2.75) is 13.3 Å². The molecule has 0 radical (unpaired) electrons. The van der Waals surface area contributed by atoms with Crippen molar-refractivity contribution in [1.82, 2.24) is 0 Å². The summed E-state index contributed by atoms with van der Waals surface area (Å²) in [6, 6.07) is 16.5. The Hall–Kier alpha value is -1.54. The van der Waals surface area contributed by atoms with E-state index in [0.29, 0.717) is 0 Å². The third-order valence-electron chi connectivity index (χ3n) is 2.65. The van der Waals surface area contributed by atoms with Crippen LogP contribution in [0.1, 0.15) is 12.5 Å². The Morgan fingerprint density at radius 1 is 1.06 bits per heavy atom. The van der Waals surface area contributed by atoms with Crippen LogP contribution in [0.4, 0.5) is 5.69 Å². The molecule has 2 heteroatoms. The van der Waals surface area contributed by atoms with Crippen molar-refractivity contribution in [3.63, 3.8) is 0 Å². The van der Waals surface area contributed by atoms with E-state index >= 15 is 0 Å². The van der Waals surface area contributed by atoms with Crippen molar-refractivity contribution in [2.75, 3.05) is 0 Å². The van der Waals surface area contributed by atoms with Crippen LogP contribution in [-0.4, -0.2) is 0 Å². The van der Waals surface area contributed by atoms with Gasteiger partial charge in [0.05, 0.1) is 5.69 Å². The molecule has 0 spiro atoms. The maximum atomic E-state index is 4.84. The molecule has 1 nitrogen and oxygen atoms in total. The molecule has 0 aliphatic heterocycles. The normalized spacial score (nSPS) is 10.1. The van der Waals surface area contributed by atoms with Crippen molar-refractivity contribution in [3.05, 3.63) is 54.1 Å². The van der Waals surface area contributed by atoms with E-state index < -0.39 is 0 Å². The first kappa shape index (κ1) is 11.0. The van der Waals surface area contributed by atoms with Gasteiger partial charge < -0.3 is 0 Å². The van der Waals surface area contributed by atoms with Crippen LogP contribution in [0.15, 0.2) is 52.9 Å². The molecule has 0 aromatic heterocycles. The van der Waals surface area contributed by atoms with Gasteiger partial charge in [0.1, 0.15) is 0 Å². The summed E-state index contributed by atoms with van der Waals surface area (Å²) in [5.41, 5.74) is 4.42. The number of nitrogens with zero attached hydrogens (tertiary/aromatic N) is 1. The fourth-order valence-electron chi connectivity index (χ4n) is 1.73. The Morgan fingerprint density at radius 2 is 1.81 bits per heavy atom. The highest BCUT2D eigenvalue weighted by atomic mass is 32.1. The molecule has 0 saturated heterocycles. The topological polar surface area (TPSA) is 12.4 Å². The fourth-order valence-corrected chi connectivity index (χ4v) is 1.89. The highest BCUT2D eigenvalue weighted by Gasteiger charge is 2.04. The zero-order valence-corrected chi connectivity index (χ0v) is 10.00. The van der Waals surface area contributed by atoms with Crippen molar-refractivity contribution in [2.24, 2.45) is 4.36 Å². The lowest BCUT2D eigenvalue weighted by Gasteiger charge is -2.06. The van der Waals surface area contributed by atoms with Gasteiger partial charge in [-0.25, -0.2) is 0 Å². The van der Waals surface area contributed by atoms with E-state index in [4.69, 9.17) is 12.4 Å². The van der Waals surface area contributed by atoms with Crippen LogP contribution < -0.4 is 0 Å². The van der Waals surface area contributed by atoms with E-state index in [9.17, 15) is 0 Å². The summed E-state index contributed by atoms with van der Waals surface area (Å²) in [5.74, 6) is 0. The summed E-state index contributed by atoms with van der Waals surface area (Å²) in [5, 5.41) is 0. The van der Waals surface area contributed by atoms with E-state index in [1.165, 1.54) is 5.56 Å². The first-order chi connectivity index (χ1) is 7.85. The second-order valence-electron chi connectivity index (χ2n) is 3.66. The molecule has 0 amide bonds. The van der Waals surface area contributed by atoms with Crippen molar-refractivity contribution >= 4 is 18.1 Å². The van der Waals surface area contributed by atoms with Crippen LogP contribution in [0.5, 0.6) is 0 Å². The first-order valence-electron chi connectivity index (χ1n) is 5.37. The Balaban J connectivity index is 2.53. The van der Waals surface area contributed by atoms with E-state index in [-0.39, 0.29) is 0 Å². The van der Waals surface area contributed by atoms with Gasteiger partial charge in [0, 0.05) is 18.0 Å².